The molecule has 0 radical (unpaired) electrons. The SMILES string of the molecule is CCCN1C(=O)c2ccccc2Sc2cc(-c3noc(CNC(=O)C(c4ccccc4)c4ccccc4)n3)ccc21. The molecule has 7 nitrogen and oxygen atoms in total. The first-order valence-corrected chi connectivity index (χ1v) is 14.4. The normalized spacial score (nSPS) is 12.5. The van der Waals surface area contributed by atoms with E-state index >= 15 is 0 Å². The molecule has 0 spiro atoms. The number of fused-ring (bicyclic) bond motifs is 2. The number of aromatic nitrogens is 2. The van der Waals surface area contributed by atoms with Crippen molar-refractivity contribution < 1.29 is 14.1 Å². The van der Waals surface area contributed by atoms with E-state index < -0.39 is 5.92 Å². The molecule has 41 heavy (non-hydrogen) atoms. The minimum Gasteiger partial charge on any atom is -0.346 e. The van der Waals surface area contributed by atoms with Crippen molar-refractivity contribution in [3.05, 3.63) is 126 Å². The summed E-state index contributed by atoms with van der Waals surface area (Å²) in [6, 6.07) is 32.9. The number of hydrogen-bond donors (Lipinski definition) is 1. The van der Waals surface area contributed by atoms with E-state index in [0.717, 1.165) is 38.6 Å². The summed E-state index contributed by atoms with van der Waals surface area (Å²) in [6.45, 7) is 2.79. The lowest BCUT2D eigenvalue weighted by molar-refractivity contribution is -0.122. The highest BCUT2D eigenvalue weighted by molar-refractivity contribution is 7.99. The molecule has 0 bridgehead atoms. The third kappa shape index (κ3) is 5.51. The minimum atomic E-state index is -0.460. The van der Waals surface area contributed by atoms with Gasteiger partial charge in [-0.3, -0.25) is 9.59 Å². The lowest BCUT2D eigenvalue weighted by atomic mass is 9.90. The zero-order valence-corrected chi connectivity index (χ0v) is 23.3. The number of nitrogens with zero attached hydrogens (tertiary/aromatic N) is 3. The van der Waals surface area contributed by atoms with Gasteiger partial charge in [0.1, 0.15) is 0 Å². The summed E-state index contributed by atoms with van der Waals surface area (Å²) >= 11 is 1.56. The average molecular weight is 561 g/mol. The number of hydrogen-bond acceptors (Lipinski definition) is 6. The summed E-state index contributed by atoms with van der Waals surface area (Å²) in [6.07, 6.45) is 0.842. The molecule has 8 heteroatoms. The molecule has 0 saturated carbocycles. The lowest BCUT2D eigenvalue weighted by Crippen LogP contribution is -2.31. The van der Waals surface area contributed by atoms with Gasteiger partial charge in [-0.2, -0.15) is 4.98 Å². The van der Waals surface area contributed by atoms with Gasteiger partial charge in [-0.1, -0.05) is 96.6 Å². The first kappa shape index (κ1) is 26.5. The molecule has 0 fully saturated rings. The zero-order chi connectivity index (χ0) is 28.2. The number of amides is 2. The molecule has 204 valence electrons. The van der Waals surface area contributed by atoms with Crippen LogP contribution in [0.15, 0.2) is 117 Å². The second-order valence-corrected chi connectivity index (χ2v) is 10.8. The van der Waals surface area contributed by atoms with Crippen LogP contribution in [-0.4, -0.2) is 28.5 Å². The zero-order valence-electron chi connectivity index (χ0n) is 22.5. The van der Waals surface area contributed by atoms with Crippen LogP contribution in [0.1, 0.15) is 46.6 Å². The summed E-state index contributed by atoms with van der Waals surface area (Å²) in [4.78, 5) is 35.0. The molecular weight excluding hydrogens is 532 g/mol. The lowest BCUT2D eigenvalue weighted by Gasteiger charge is -2.22. The van der Waals surface area contributed by atoms with Crippen LogP contribution in [0.2, 0.25) is 0 Å². The number of anilines is 1. The number of rotatable bonds is 8. The Hall–Kier alpha value is -4.69. The molecule has 5 aromatic rings. The van der Waals surface area contributed by atoms with Crippen molar-refractivity contribution in [2.24, 2.45) is 0 Å². The Morgan fingerprint density at radius 3 is 2.29 bits per heavy atom. The van der Waals surface area contributed by atoms with Crippen molar-refractivity contribution in [2.45, 2.75) is 35.6 Å². The maximum Gasteiger partial charge on any atom is 0.259 e. The maximum atomic E-state index is 13.4. The minimum absolute atomic E-state index is 0.00310. The van der Waals surface area contributed by atoms with Gasteiger partial charge in [0, 0.05) is 21.9 Å². The van der Waals surface area contributed by atoms with Crippen molar-refractivity contribution in [3.8, 4) is 11.4 Å². The van der Waals surface area contributed by atoms with Crippen molar-refractivity contribution in [1.29, 1.82) is 0 Å². The molecule has 0 aliphatic carbocycles. The molecule has 0 saturated heterocycles. The van der Waals surface area contributed by atoms with Gasteiger partial charge in [0.05, 0.1) is 23.7 Å². The first-order valence-electron chi connectivity index (χ1n) is 13.6. The summed E-state index contributed by atoms with van der Waals surface area (Å²) < 4.78 is 5.52. The molecule has 2 heterocycles. The highest BCUT2D eigenvalue weighted by Crippen LogP contribution is 2.43. The quantitative estimate of drug-likeness (QED) is 0.227. The summed E-state index contributed by atoms with van der Waals surface area (Å²) in [5.74, 6) is 0.125. The molecule has 6 rings (SSSR count). The molecule has 1 aliphatic heterocycles. The number of carbonyl (C=O) groups excluding carboxylic acids is 2. The Morgan fingerprint density at radius 1 is 0.902 bits per heavy atom. The van der Waals surface area contributed by atoms with Gasteiger partial charge in [0.2, 0.25) is 17.6 Å². The molecule has 1 N–H and O–H groups in total. The Labute approximate surface area is 242 Å². The second kappa shape index (κ2) is 11.8. The Kier molecular flexibility index (Phi) is 7.65. The Balaban J connectivity index is 1.23. The highest BCUT2D eigenvalue weighted by atomic mass is 32.2. The van der Waals surface area contributed by atoms with E-state index in [1.54, 1.807) is 11.8 Å². The number of benzene rings is 4. The van der Waals surface area contributed by atoms with Crippen molar-refractivity contribution in [1.82, 2.24) is 15.5 Å². The van der Waals surface area contributed by atoms with Crippen LogP contribution in [0.5, 0.6) is 0 Å². The van der Waals surface area contributed by atoms with E-state index in [1.807, 2.05) is 108 Å². The van der Waals surface area contributed by atoms with Crippen LogP contribution in [0.3, 0.4) is 0 Å². The predicted octanol–water partition coefficient (Wildman–Crippen LogP) is 6.71. The fourth-order valence-corrected chi connectivity index (χ4v) is 6.12. The molecule has 4 aromatic carbocycles. The van der Waals surface area contributed by atoms with E-state index in [1.165, 1.54) is 0 Å². The molecule has 0 unspecified atom stereocenters. The topological polar surface area (TPSA) is 88.3 Å². The molecule has 0 atom stereocenters. The highest BCUT2D eigenvalue weighted by Gasteiger charge is 2.27. The van der Waals surface area contributed by atoms with Gasteiger partial charge >= 0.3 is 0 Å². The van der Waals surface area contributed by atoms with Crippen molar-refractivity contribution >= 4 is 29.3 Å². The summed E-state index contributed by atoms with van der Waals surface area (Å²) in [7, 11) is 0. The number of carbonyl (C=O) groups is 2. The van der Waals surface area contributed by atoms with Crippen LogP contribution >= 0.6 is 11.8 Å². The van der Waals surface area contributed by atoms with E-state index in [9.17, 15) is 9.59 Å². The standard InChI is InChI=1S/C33H28N4O3S/c1-2-19-37-26-18-17-24(20-28(26)41-27-16-10-9-15-25(27)33(37)39)31-35-29(40-36-31)21-34-32(38)30(22-11-5-3-6-12-22)23-13-7-4-8-14-23/h3-18,20,30H,2,19,21H2,1H3,(H,34,38). The fraction of sp³-hybridized carbons (Fsp3) is 0.152. The largest absolute Gasteiger partial charge is 0.346 e. The van der Waals surface area contributed by atoms with Gasteiger partial charge in [-0.05, 0) is 47.9 Å². The van der Waals surface area contributed by atoms with Crippen LogP contribution in [0.4, 0.5) is 5.69 Å². The van der Waals surface area contributed by atoms with E-state index in [2.05, 4.69) is 22.4 Å². The summed E-state index contributed by atoms with van der Waals surface area (Å²) in [5, 5.41) is 7.16. The Bertz CT molecular complexity index is 1650. The van der Waals surface area contributed by atoms with Gasteiger partial charge in [0.25, 0.3) is 5.91 Å². The van der Waals surface area contributed by atoms with E-state index in [0.29, 0.717) is 23.8 Å². The van der Waals surface area contributed by atoms with E-state index in [4.69, 9.17) is 4.52 Å². The molecule has 2 amide bonds. The summed E-state index contributed by atoms with van der Waals surface area (Å²) in [5.41, 5.74) is 4.15. The van der Waals surface area contributed by atoms with Crippen LogP contribution in [0.25, 0.3) is 11.4 Å². The maximum absolute atomic E-state index is 13.4. The fourth-order valence-electron chi connectivity index (χ4n) is 5.00. The van der Waals surface area contributed by atoms with Crippen LogP contribution in [0, 0.1) is 0 Å². The predicted molar refractivity (Wildman–Crippen MR) is 159 cm³/mol. The smallest absolute Gasteiger partial charge is 0.259 e. The van der Waals surface area contributed by atoms with Crippen LogP contribution < -0.4 is 10.2 Å². The third-order valence-electron chi connectivity index (χ3n) is 6.95. The van der Waals surface area contributed by atoms with Gasteiger partial charge < -0.3 is 14.7 Å². The monoisotopic (exact) mass is 560 g/mol. The van der Waals surface area contributed by atoms with Crippen molar-refractivity contribution in [2.75, 3.05) is 11.4 Å². The van der Waals surface area contributed by atoms with Gasteiger partial charge in [-0.25, -0.2) is 0 Å². The van der Waals surface area contributed by atoms with Crippen LogP contribution in [-0.2, 0) is 11.3 Å². The number of nitrogens with one attached hydrogen (secondary N) is 1. The molecule has 1 aliphatic rings. The van der Waals surface area contributed by atoms with E-state index in [-0.39, 0.29) is 18.4 Å². The second-order valence-electron chi connectivity index (χ2n) is 9.72. The van der Waals surface area contributed by atoms with Gasteiger partial charge in [0.15, 0.2) is 0 Å². The van der Waals surface area contributed by atoms with Crippen molar-refractivity contribution in [3.63, 3.8) is 0 Å². The molecule has 1 aromatic heterocycles. The average Bonchev–Trinajstić information content (AvgIpc) is 3.45. The third-order valence-corrected chi connectivity index (χ3v) is 8.07. The molecular formula is C33H28N4O3S. The Morgan fingerprint density at radius 2 is 1.59 bits per heavy atom. The van der Waals surface area contributed by atoms with Gasteiger partial charge in [-0.15, -0.1) is 0 Å². The first-order chi connectivity index (χ1) is 20.1.